The maximum atomic E-state index is 10.7. The van der Waals surface area contributed by atoms with Gasteiger partial charge in [0.2, 0.25) is 5.91 Å². The first kappa shape index (κ1) is 9.74. The van der Waals surface area contributed by atoms with Crippen LogP contribution >= 0.6 is 0 Å². The van der Waals surface area contributed by atoms with E-state index in [2.05, 4.69) is 10.5 Å². The molecule has 1 N–H and O–H groups in total. The number of aldehydes is 1. The number of nitrogens with one attached hydrogen (secondary N) is 1. The Labute approximate surface area is 64.1 Å². The van der Waals surface area contributed by atoms with Gasteiger partial charge >= 0.3 is 0 Å². The molecule has 0 fully saturated rings. The molecule has 0 aliphatic heterocycles. The number of nitroso groups, excluding NO2 is 1. The van der Waals surface area contributed by atoms with Gasteiger partial charge in [-0.05, 0) is 6.92 Å². The van der Waals surface area contributed by atoms with Gasteiger partial charge in [0.05, 0.1) is 19.0 Å². The van der Waals surface area contributed by atoms with Crippen molar-refractivity contribution < 1.29 is 9.59 Å². The van der Waals surface area contributed by atoms with Crippen LogP contribution in [0.5, 0.6) is 0 Å². The fraction of sp³-hybridized carbons (Fsp3) is 0.667. The number of carbonyl (C=O) groups excluding carboxylic acids is 2. The Morgan fingerprint density at radius 2 is 2.36 bits per heavy atom. The molecule has 0 heterocycles. The van der Waals surface area contributed by atoms with Crippen LogP contribution in [0.1, 0.15) is 13.3 Å². The molecule has 0 radical (unpaired) electrons. The molecular formula is C6H10N2O3. The first-order chi connectivity index (χ1) is 5.20. The van der Waals surface area contributed by atoms with E-state index in [-0.39, 0.29) is 18.9 Å². The molecule has 0 aromatic rings. The van der Waals surface area contributed by atoms with Crippen molar-refractivity contribution in [3.05, 3.63) is 4.91 Å². The Hall–Kier alpha value is -1.26. The fourth-order valence-electron chi connectivity index (χ4n) is 0.533. The summed E-state index contributed by atoms with van der Waals surface area (Å²) in [7, 11) is 0. The molecule has 62 valence electrons. The van der Waals surface area contributed by atoms with Crippen molar-refractivity contribution in [3.63, 3.8) is 0 Å². The molecule has 0 aromatic carbocycles. The van der Waals surface area contributed by atoms with Crippen LogP contribution in [0.4, 0.5) is 0 Å². The molecule has 1 amide bonds. The van der Waals surface area contributed by atoms with Crippen molar-refractivity contribution in [1.29, 1.82) is 0 Å². The van der Waals surface area contributed by atoms with Gasteiger partial charge < -0.3 is 10.1 Å². The second-order valence-electron chi connectivity index (χ2n) is 2.13. The van der Waals surface area contributed by atoms with Crippen LogP contribution in [0.3, 0.4) is 0 Å². The summed E-state index contributed by atoms with van der Waals surface area (Å²) in [4.78, 5) is 30.3. The SMILES string of the molecule is CC(CC(=O)NCC=O)N=O. The molecule has 11 heavy (non-hydrogen) atoms. The van der Waals surface area contributed by atoms with E-state index in [0.29, 0.717) is 6.29 Å². The average molecular weight is 158 g/mol. The van der Waals surface area contributed by atoms with E-state index >= 15 is 0 Å². The minimum atomic E-state index is -0.526. The number of hydrogen-bond acceptors (Lipinski definition) is 4. The van der Waals surface area contributed by atoms with Gasteiger partial charge in [-0.1, -0.05) is 5.18 Å². The Kier molecular flexibility index (Phi) is 4.89. The molecule has 0 aliphatic rings. The zero-order valence-corrected chi connectivity index (χ0v) is 6.24. The lowest BCUT2D eigenvalue weighted by molar-refractivity contribution is -0.122. The smallest absolute Gasteiger partial charge is 0.222 e. The van der Waals surface area contributed by atoms with Gasteiger partial charge in [-0.3, -0.25) is 4.79 Å². The number of nitrogens with zero attached hydrogens (tertiary/aromatic N) is 1. The van der Waals surface area contributed by atoms with Crippen LogP contribution in [0.2, 0.25) is 0 Å². The Bertz CT molecular complexity index is 158. The minimum Gasteiger partial charge on any atom is -0.349 e. The van der Waals surface area contributed by atoms with E-state index in [4.69, 9.17) is 0 Å². The first-order valence-electron chi connectivity index (χ1n) is 3.23. The number of hydrogen-bond donors (Lipinski definition) is 1. The molecule has 0 saturated carbocycles. The van der Waals surface area contributed by atoms with E-state index in [0.717, 1.165) is 0 Å². The predicted octanol–water partition coefficient (Wildman–Crippen LogP) is -0.153. The molecule has 0 spiro atoms. The minimum absolute atomic E-state index is 0.00951. The normalized spacial score (nSPS) is 11.7. The molecule has 0 bridgehead atoms. The Balaban J connectivity index is 3.51. The fourth-order valence-corrected chi connectivity index (χ4v) is 0.533. The zero-order valence-electron chi connectivity index (χ0n) is 6.24. The van der Waals surface area contributed by atoms with Crippen molar-refractivity contribution in [1.82, 2.24) is 5.32 Å². The van der Waals surface area contributed by atoms with Gasteiger partial charge in [-0.25, -0.2) is 0 Å². The van der Waals surface area contributed by atoms with Gasteiger partial charge in [0.1, 0.15) is 6.29 Å². The van der Waals surface area contributed by atoms with Crippen LogP contribution in [-0.2, 0) is 9.59 Å². The van der Waals surface area contributed by atoms with Gasteiger partial charge in [-0.2, -0.15) is 4.91 Å². The third kappa shape index (κ3) is 5.20. The lowest BCUT2D eigenvalue weighted by Gasteiger charge is -2.01. The number of carbonyl (C=O) groups is 2. The molecular weight excluding hydrogens is 148 g/mol. The van der Waals surface area contributed by atoms with E-state index in [1.54, 1.807) is 0 Å². The third-order valence-electron chi connectivity index (χ3n) is 1.04. The molecule has 0 aromatic heterocycles. The average Bonchev–Trinajstić information content (AvgIpc) is 2.00. The predicted molar refractivity (Wildman–Crippen MR) is 38.9 cm³/mol. The highest BCUT2D eigenvalue weighted by Crippen LogP contribution is 1.93. The van der Waals surface area contributed by atoms with Gasteiger partial charge in [0, 0.05) is 0 Å². The molecule has 1 unspecified atom stereocenters. The number of amides is 1. The Morgan fingerprint density at radius 1 is 1.73 bits per heavy atom. The summed E-state index contributed by atoms with van der Waals surface area (Å²) in [6, 6.07) is -0.526. The van der Waals surface area contributed by atoms with Gasteiger partial charge in [0.15, 0.2) is 0 Å². The van der Waals surface area contributed by atoms with Crippen LogP contribution < -0.4 is 5.32 Å². The maximum Gasteiger partial charge on any atom is 0.222 e. The highest BCUT2D eigenvalue weighted by molar-refractivity contribution is 5.78. The topological polar surface area (TPSA) is 75.6 Å². The van der Waals surface area contributed by atoms with E-state index in [1.807, 2.05) is 0 Å². The molecule has 5 heteroatoms. The summed E-state index contributed by atoms with van der Waals surface area (Å²) in [5.74, 6) is -0.329. The maximum absolute atomic E-state index is 10.7. The van der Waals surface area contributed by atoms with Crippen LogP contribution in [0, 0.1) is 4.91 Å². The lowest BCUT2D eigenvalue weighted by atomic mass is 10.2. The van der Waals surface area contributed by atoms with Crippen molar-refractivity contribution in [2.75, 3.05) is 6.54 Å². The van der Waals surface area contributed by atoms with Gasteiger partial charge in [0.25, 0.3) is 0 Å². The monoisotopic (exact) mass is 158 g/mol. The second kappa shape index (κ2) is 5.52. The van der Waals surface area contributed by atoms with E-state index < -0.39 is 6.04 Å². The standard InChI is InChI=1S/C6H10N2O3/c1-5(8-11)4-6(10)7-2-3-9/h3,5H,2,4H2,1H3,(H,7,10). The van der Waals surface area contributed by atoms with Crippen molar-refractivity contribution in [2.45, 2.75) is 19.4 Å². The van der Waals surface area contributed by atoms with Crippen LogP contribution in [0.25, 0.3) is 0 Å². The Morgan fingerprint density at radius 3 is 2.82 bits per heavy atom. The summed E-state index contributed by atoms with van der Waals surface area (Å²) in [6.45, 7) is 1.53. The van der Waals surface area contributed by atoms with Crippen molar-refractivity contribution in [3.8, 4) is 0 Å². The molecule has 0 rings (SSSR count). The summed E-state index contributed by atoms with van der Waals surface area (Å²) in [5.41, 5.74) is 0. The quantitative estimate of drug-likeness (QED) is 0.446. The van der Waals surface area contributed by atoms with Crippen molar-refractivity contribution >= 4 is 12.2 Å². The summed E-state index contributed by atoms with van der Waals surface area (Å²) < 4.78 is 0. The van der Waals surface area contributed by atoms with Crippen molar-refractivity contribution in [2.24, 2.45) is 5.18 Å². The first-order valence-corrected chi connectivity index (χ1v) is 3.23. The largest absolute Gasteiger partial charge is 0.349 e. The summed E-state index contributed by atoms with van der Waals surface area (Å²) in [5, 5.41) is 4.93. The molecule has 1 atom stereocenters. The van der Waals surface area contributed by atoms with Gasteiger partial charge in [-0.15, -0.1) is 0 Å². The highest BCUT2D eigenvalue weighted by Gasteiger charge is 2.07. The zero-order chi connectivity index (χ0) is 8.69. The summed E-state index contributed by atoms with van der Waals surface area (Å²) in [6.07, 6.45) is 0.619. The van der Waals surface area contributed by atoms with Crippen LogP contribution in [0.15, 0.2) is 5.18 Å². The molecule has 0 saturated heterocycles. The van der Waals surface area contributed by atoms with Crippen LogP contribution in [-0.4, -0.2) is 24.8 Å². The molecule has 0 aliphatic carbocycles. The molecule has 5 nitrogen and oxygen atoms in total. The highest BCUT2D eigenvalue weighted by atomic mass is 16.3. The van der Waals surface area contributed by atoms with E-state index in [9.17, 15) is 14.5 Å². The third-order valence-corrected chi connectivity index (χ3v) is 1.04. The van der Waals surface area contributed by atoms with E-state index in [1.165, 1.54) is 6.92 Å². The number of rotatable bonds is 5. The second-order valence-corrected chi connectivity index (χ2v) is 2.13. The lowest BCUT2D eigenvalue weighted by Crippen LogP contribution is -2.27. The summed E-state index contributed by atoms with van der Waals surface area (Å²) >= 11 is 0.